The van der Waals surface area contributed by atoms with Gasteiger partial charge in [0.15, 0.2) is 0 Å². The van der Waals surface area contributed by atoms with E-state index in [1.54, 1.807) is 11.3 Å². The summed E-state index contributed by atoms with van der Waals surface area (Å²) in [7, 11) is 0. The van der Waals surface area contributed by atoms with Crippen molar-refractivity contribution in [3.8, 4) is 0 Å². The molecule has 1 aromatic heterocycles. The van der Waals surface area contributed by atoms with Crippen molar-refractivity contribution in [2.45, 2.75) is 57.5 Å². The molecule has 96 valence electrons. The lowest BCUT2D eigenvalue weighted by atomic mass is 9.82. The SMILES string of the molecule is CCc1cnc(CNCC2(N)CCCCC2)s1. The first-order chi connectivity index (χ1) is 8.22. The summed E-state index contributed by atoms with van der Waals surface area (Å²) in [4.78, 5) is 5.77. The summed E-state index contributed by atoms with van der Waals surface area (Å²) in [5.41, 5.74) is 6.41. The predicted octanol–water partition coefficient (Wildman–Crippen LogP) is 2.46. The number of rotatable bonds is 5. The van der Waals surface area contributed by atoms with Crippen LogP contribution in [0.25, 0.3) is 0 Å². The van der Waals surface area contributed by atoms with Gasteiger partial charge in [0.1, 0.15) is 5.01 Å². The molecule has 0 radical (unpaired) electrons. The highest BCUT2D eigenvalue weighted by Crippen LogP contribution is 2.25. The van der Waals surface area contributed by atoms with E-state index in [0.717, 1.165) is 32.4 Å². The van der Waals surface area contributed by atoms with E-state index in [1.165, 1.54) is 29.1 Å². The third-order valence-corrected chi connectivity index (χ3v) is 4.69. The number of aryl methyl sites for hydroxylation is 1. The summed E-state index contributed by atoms with van der Waals surface area (Å²) in [6.07, 6.45) is 9.32. The van der Waals surface area contributed by atoms with Crippen LogP contribution in [0.15, 0.2) is 6.20 Å². The predicted molar refractivity (Wildman–Crippen MR) is 73.2 cm³/mol. The highest BCUT2D eigenvalue weighted by molar-refractivity contribution is 7.11. The van der Waals surface area contributed by atoms with Gasteiger partial charge in [0.2, 0.25) is 0 Å². The second-order valence-electron chi connectivity index (χ2n) is 5.10. The second-order valence-corrected chi connectivity index (χ2v) is 6.30. The number of thiazole rings is 1. The number of aromatic nitrogens is 1. The molecule has 1 aromatic rings. The maximum absolute atomic E-state index is 6.38. The van der Waals surface area contributed by atoms with Gasteiger partial charge in [0.25, 0.3) is 0 Å². The average Bonchev–Trinajstić information content (AvgIpc) is 2.78. The van der Waals surface area contributed by atoms with Crippen molar-refractivity contribution < 1.29 is 0 Å². The van der Waals surface area contributed by atoms with Gasteiger partial charge in [-0.3, -0.25) is 0 Å². The molecule has 0 aromatic carbocycles. The van der Waals surface area contributed by atoms with Crippen molar-refractivity contribution >= 4 is 11.3 Å². The fraction of sp³-hybridized carbons (Fsp3) is 0.769. The van der Waals surface area contributed by atoms with Crippen molar-refractivity contribution in [3.05, 3.63) is 16.1 Å². The van der Waals surface area contributed by atoms with Crippen molar-refractivity contribution in [1.82, 2.24) is 10.3 Å². The lowest BCUT2D eigenvalue weighted by molar-refractivity contribution is 0.283. The van der Waals surface area contributed by atoms with Gasteiger partial charge in [-0.25, -0.2) is 4.98 Å². The molecule has 17 heavy (non-hydrogen) atoms. The van der Waals surface area contributed by atoms with Crippen LogP contribution in [0.2, 0.25) is 0 Å². The van der Waals surface area contributed by atoms with Gasteiger partial charge in [0.05, 0.1) is 0 Å². The highest BCUT2D eigenvalue weighted by atomic mass is 32.1. The number of nitrogens with one attached hydrogen (secondary N) is 1. The van der Waals surface area contributed by atoms with E-state index in [9.17, 15) is 0 Å². The van der Waals surface area contributed by atoms with E-state index in [2.05, 4.69) is 17.2 Å². The van der Waals surface area contributed by atoms with Crippen molar-refractivity contribution in [2.75, 3.05) is 6.54 Å². The first kappa shape index (κ1) is 13.0. The Morgan fingerprint density at radius 2 is 2.18 bits per heavy atom. The molecular formula is C13H23N3S. The lowest BCUT2D eigenvalue weighted by Crippen LogP contribution is -2.49. The Hall–Kier alpha value is -0.450. The van der Waals surface area contributed by atoms with E-state index < -0.39 is 0 Å². The molecule has 2 rings (SSSR count). The Morgan fingerprint density at radius 1 is 1.41 bits per heavy atom. The molecule has 1 heterocycles. The van der Waals surface area contributed by atoms with Crippen LogP contribution in [0.5, 0.6) is 0 Å². The topological polar surface area (TPSA) is 50.9 Å². The van der Waals surface area contributed by atoms with E-state index in [0.29, 0.717) is 0 Å². The third-order valence-electron chi connectivity index (χ3n) is 3.55. The molecule has 3 N–H and O–H groups in total. The minimum atomic E-state index is 0.0308. The molecular weight excluding hydrogens is 230 g/mol. The zero-order valence-corrected chi connectivity index (χ0v) is 11.5. The number of hydrogen-bond donors (Lipinski definition) is 2. The van der Waals surface area contributed by atoms with Crippen LogP contribution in [-0.4, -0.2) is 17.1 Å². The third kappa shape index (κ3) is 3.76. The summed E-state index contributed by atoms with van der Waals surface area (Å²) in [5.74, 6) is 0. The van der Waals surface area contributed by atoms with E-state index in [4.69, 9.17) is 5.73 Å². The zero-order chi connectivity index (χ0) is 12.1. The molecule has 0 atom stereocenters. The second kappa shape index (κ2) is 5.94. The lowest BCUT2D eigenvalue weighted by Gasteiger charge is -2.33. The molecule has 3 nitrogen and oxygen atoms in total. The summed E-state index contributed by atoms with van der Waals surface area (Å²) < 4.78 is 0. The Kier molecular flexibility index (Phi) is 4.54. The average molecular weight is 253 g/mol. The van der Waals surface area contributed by atoms with Gasteiger partial charge in [-0.05, 0) is 19.3 Å². The van der Waals surface area contributed by atoms with Gasteiger partial charge >= 0.3 is 0 Å². The molecule has 0 unspecified atom stereocenters. The monoisotopic (exact) mass is 253 g/mol. The molecule has 1 fully saturated rings. The summed E-state index contributed by atoms with van der Waals surface area (Å²) in [6, 6.07) is 0. The van der Waals surface area contributed by atoms with Crippen LogP contribution in [0.4, 0.5) is 0 Å². The van der Waals surface area contributed by atoms with Gasteiger partial charge in [-0.15, -0.1) is 11.3 Å². The van der Waals surface area contributed by atoms with Crippen LogP contribution in [-0.2, 0) is 13.0 Å². The number of hydrogen-bond acceptors (Lipinski definition) is 4. The minimum Gasteiger partial charge on any atom is -0.324 e. The van der Waals surface area contributed by atoms with Gasteiger partial charge in [-0.1, -0.05) is 26.2 Å². The molecule has 1 aliphatic carbocycles. The number of nitrogens with zero attached hydrogens (tertiary/aromatic N) is 1. The van der Waals surface area contributed by atoms with E-state index in [-0.39, 0.29) is 5.54 Å². The van der Waals surface area contributed by atoms with Crippen molar-refractivity contribution in [3.63, 3.8) is 0 Å². The van der Waals surface area contributed by atoms with Gasteiger partial charge in [-0.2, -0.15) is 0 Å². The molecule has 1 saturated carbocycles. The van der Waals surface area contributed by atoms with E-state index >= 15 is 0 Å². The Bertz CT molecular complexity index is 342. The van der Waals surface area contributed by atoms with Crippen LogP contribution in [0.3, 0.4) is 0 Å². The van der Waals surface area contributed by atoms with Gasteiger partial charge in [0, 0.05) is 29.7 Å². The number of nitrogens with two attached hydrogens (primary N) is 1. The summed E-state index contributed by atoms with van der Waals surface area (Å²) >= 11 is 1.80. The molecule has 0 bridgehead atoms. The molecule has 0 spiro atoms. The van der Waals surface area contributed by atoms with E-state index in [1.807, 2.05) is 6.20 Å². The first-order valence-corrected chi connectivity index (χ1v) is 7.47. The Labute approximate surface area is 108 Å². The maximum atomic E-state index is 6.38. The fourth-order valence-corrected chi connectivity index (χ4v) is 3.28. The standard InChI is InChI=1S/C13H23N3S/c1-2-11-8-16-12(17-11)9-15-10-13(14)6-4-3-5-7-13/h8,15H,2-7,9-10,14H2,1H3. The van der Waals surface area contributed by atoms with Crippen molar-refractivity contribution in [1.29, 1.82) is 0 Å². The van der Waals surface area contributed by atoms with Gasteiger partial charge < -0.3 is 11.1 Å². The van der Waals surface area contributed by atoms with Crippen molar-refractivity contribution in [2.24, 2.45) is 5.73 Å². The zero-order valence-electron chi connectivity index (χ0n) is 10.7. The normalized spacial score (nSPS) is 19.4. The summed E-state index contributed by atoms with van der Waals surface area (Å²) in [5, 5.41) is 4.65. The van der Waals surface area contributed by atoms with Crippen LogP contribution in [0, 0.1) is 0 Å². The Morgan fingerprint density at radius 3 is 2.82 bits per heavy atom. The molecule has 1 aliphatic rings. The Balaban J connectivity index is 1.74. The first-order valence-electron chi connectivity index (χ1n) is 6.65. The largest absolute Gasteiger partial charge is 0.324 e. The van der Waals surface area contributed by atoms with Crippen LogP contribution in [0.1, 0.15) is 48.9 Å². The quantitative estimate of drug-likeness (QED) is 0.847. The molecule has 0 aliphatic heterocycles. The molecule has 0 saturated heterocycles. The minimum absolute atomic E-state index is 0.0308. The summed E-state index contributed by atoms with van der Waals surface area (Å²) in [6.45, 7) is 3.96. The van der Waals surface area contributed by atoms with Crippen LogP contribution >= 0.6 is 11.3 Å². The fourth-order valence-electron chi connectivity index (χ4n) is 2.44. The molecule has 0 amide bonds. The maximum Gasteiger partial charge on any atom is 0.107 e. The smallest absolute Gasteiger partial charge is 0.107 e. The molecule has 4 heteroatoms. The van der Waals surface area contributed by atoms with Crippen LogP contribution < -0.4 is 11.1 Å². The highest BCUT2D eigenvalue weighted by Gasteiger charge is 2.26.